The van der Waals surface area contributed by atoms with Crippen molar-refractivity contribution in [3.05, 3.63) is 40.2 Å². The van der Waals surface area contributed by atoms with Crippen molar-refractivity contribution in [3.8, 4) is 11.5 Å². The summed E-state index contributed by atoms with van der Waals surface area (Å²) in [6.07, 6.45) is 1.45. The molecule has 1 aromatic carbocycles. The molecular weight excluding hydrogens is 388 g/mol. The number of amides is 1. The predicted molar refractivity (Wildman–Crippen MR) is 107 cm³/mol. The Kier molecular flexibility index (Phi) is 7.87. The molecule has 144 valence electrons. The fraction of sp³-hybridized carbons (Fsp3) is 0.333. The van der Waals surface area contributed by atoms with E-state index >= 15 is 0 Å². The SMILES string of the molecule is CCOc1cc(Cl)c(/C=N\NC(=O)CSc2nc(C)cc(C)n2)cc1OC. The highest BCUT2D eigenvalue weighted by Crippen LogP contribution is 2.32. The molecule has 1 amide bonds. The van der Waals surface area contributed by atoms with Crippen LogP contribution in [0.2, 0.25) is 5.02 Å². The molecule has 0 radical (unpaired) electrons. The van der Waals surface area contributed by atoms with Gasteiger partial charge >= 0.3 is 0 Å². The molecule has 0 atom stereocenters. The van der Waals surface area contributed by atoms with Crippen LogP contribution in [-0.2, 0) is 4.79 Å². The van der Waals surface area contributed by atoms with Gasteiger partial charge in [-0.25, -0.2) is 15.4 Å². The average Bonchev–Trinajstić information content (AvgIpc) is 2.61. The fourth-order valence-electron chi connectivity index (χ4n) is 2.17. The van der Waals surface area contributed by atoms with Crippen molar-refractivity contribution in [1.82, 2.24) is 15.4 Å². The van der Waals surface area contributed by atoms with E-state index in [9.17, 15) is 4.79 Å². The summed E-state index contributed by atoms with van der Waals surface area (Å²) in [6, 6.07) is 5.23. The van der Waals surface area contributed by atoms with Gasteiger partial charge < -0.3 is 9.47 Å². The van der Waals surface area contributed by atoms with Crippen LogP contribution < -0.4 is 14.9 Å². The van der Waals surface area contributed by atoms with Crippen LogP contribution in [0.4, 0.5) is 0 Å². The molecule has 0 bridgehead atoms. The molecule has 0 spiro atoms. The number of hydrazone groups is 1. The fourth-order valence-corrected chi connectivity index (χ4v) is 3.12. The Morgan fingerprint density at radius 1 is 1.26 bits per heavy atom. The smallest absolute Gasteiger partial charge is 0.250 e. The first-order valence-corrected chi connectivity index (χ1v) is 9.56. The van der Waals surface area contributed by atoms with Crippen molar-refractivity contribution < 1.29 is 14.3 Å². The summed E-state index contributed by atoms with van der Waals surface area (Å²) in [4.78, 5) is 20.5. The summed E-state index contributed by atoms with van der Waals surface area (Å²) >= 11 is 7.47. The molecule has 0 aliphatic rings. The number of aromatic nitrogens is 2. The lowest BCUT2D eigenvalue weighted by Gasteiger charge is -2.11. The van der Waals surface area contributed by atoms with Crippen LogP contribution >= 0.6 is 23.4 Å². The molecule has 1 aromatic heterocycles. The van der Waals surface area contributed by atoms with Gasteiger partial charge in [0.1, 0.15) is 0 Å². The monoisotopic (exact) mass is 408 g/mol. The third kappa shape index (κ3) is 6.41. The third-order valence-electron chi connectivity index (χ3n) is 3.27. The van der Waals surface area contributed by atoms with Gasteiger partial charge in [-0.3, -0.25) is 4.79 Å². The van der Waals surface area contributed by atoms with Crippen LogP contribution in [0.1, 0.15) is 23.9 Å². The quantitative estimate of drug-likeness (QED) is 0.312. The highest BCUT2D eigenvalue weighted by molar-refractivity contribution is 7.99. The van der Waals surface area contributed by atoms with Gasteiger partial charge in [-0.05, 0) is 32.9 Å². The largest absolute Gasteiger partial charge is 0.493 e. The summed E-state index contributed by atoms with van der Waals surface area (Å²) in [6.45, 7) is 6.15. The van der Waals surface area contributed by atoms with E-state index < -0.39 is 0 Å². The average molecular weight is 409 g/mol. The number of aryl methyl sites for hydroxylation is 2. The highest BCUT2D eigenvalue weighted by atomic mass is 35.5. The molecule has 2 rings (SSSR count). The molecule has 9 heteroatoms. The second-order valence-corrected chi connectivity index (χ2v) is 6.82. The summed E-state index contributed by atoms with van der Waals surface area (Å²) in [5.74, 6) is 0.973. The molecule has 0 saturated carbocycles. The normalized spacial score (nSPS) is 10.9. The molecule has 0 aliphatic carbocycles. The second kappa shape index (κ2) is 10.1. The molecule has 2 aromatic rings. The zero-order valence-electron chi connectivity index (χ0n) is 15.6. The lowest BCUT2D eigenvalue weighted by atomic mass is 10.2. The number of methoxy groups -OCH3 is 1. The van der Waals surface area contributed by atoms with E-state index in [0.29, 0.717) is 33.8 Å². The van der Waals surface area contributed by atoms with Crippen molar-refractivity contribution in [2.45, 2.75) is 25.9 Å². The molecule has 0 fully saturated rings. The Morgan fingerprint density at radius 3 is 2.59 bits per heavy atom. The minimum Gasteiger partial charge on any atom is -0.493 e. The van der Waals surface area contributed by atoms with E-state index in [4.69, 9.17) is 21.1 Å². The van der Waals surface area contributed by atoms with E-state index in [1.165, 1.54) is 18.0 Å². The maximum atomic E-state index is 11.9. The van der Waals surface area contributed by atoms with Gasteiger partial charge in [0.2, 0.25) is 0 Å². The maximum absolute atomic E-state index is 11.9. The van der Waals surface area contributed by atoms with E-state index in [0.717, 1.165) is 11.4 Å². The minimum atomic E-state index is -0.270. The number of hydrogen-bond donors (Lipinski definition) is 1. The summed E-state index contributed by atoms with van der Waals surface area (Å²) in [7, 11) is 1.54. The first-order valence-electron chi connectivity index (χ1n) is 8.20. The van der Waals surface area contributed by atoms with Gasteiger partial charge in [0.05, 0.1) is 30.7 Å². The van der Waals surface area contributed by atoms with Gasteiger partial charge in [-0.1, -0.05) is 23.4 Å². The lowest BCUT2D eigenvalue weighted by molar-refractivity contribution is -0.118. The Labute approximate surface area is 167 Å². The zero-order valence-corrected chi connectivity index (χ0v) is 17.1. The van der Waals surface area contributed by atoms with E-state index in [1.807, 2.05) is 26.8 Å². The maximum Gasteiger partial charge on any atom is 0.250 e. The first-order chi connectivity index (χ1) is 12.9. The van der Waals surface area contributed by atoms with Gasteiger partial charge in [-0.2, -0.15) is 5.10 Å². The van der Waals surface area contributed by atoms with Crippen molar-refractivity contribution in [2.75, 3.05) is 19.5 Å². The number of hydrogen-bond acceptors (Lipinski definition) is 7. The second-order valence-electron chi connectivity index (χ2n) is 5.47. The van der Waals surface area contributed by atoms with Crippen LogP contribution in [0.3, 0.4) is 0 Å². The topological polar surface area (TPSA) is 85.7 Å². The van der Waals surface area contributed by atoms with E-state index in [1.54, 1.807) is 19.2 Å². The molecule has 0 unspecified atom stereocenters. The molecule has 27 heavy (non-hydrogen) atoms. The van der Waals surface area contributed by atoms with Crippen LogP contribution in [0.15, 0.2) is 28.5 Å². The van der Waals surface area contributed by atoms with E-state index in [-0.39, 0.29) is 11.7 Å². The molecule has 0 aliphatic heterocycles. The zero-order chi connectivity index (χ0) is 19.8. The van der Waals surface area contributed by atoms with Crippen molar-refractivity contribution in [2.24, 2.45) is 5.10 Å². The standard InChI is InChI=1S/C18H21ClN4O3S/c1-5-26-16-8-14(19)13(7-15(16)25-4)9-20-23-17(24)10-27-18-21-11(2)6-12(3)22-18/h6-9H,5,10H2,1-4H3,(H,23,24)/b20-9-. The number of carbonyl (C=O) groups excluding carboxylic acids is 1. The Morgan fingerprint density at radius 2 is 1.96 bits per heavy atom. The summed E-state index contributed by atoms with van der Waals surface area (Å²) in [5.41, 5.74) is 4.78. The van der Waals surface area contributed by atoms with Crippen LogP contribution in [-0.4, -0.2) is 41.6 Å². The number of benzene rings is 1. The summed E-state index contributed by atoms with van der Waals surface area (Å²) in [5, 5.41) is 4.94. The van der Waals surface area contributed by atoms with Gasteiger partial charge in [0.15, 0.2) is 16.7 Å². The third-order valence-corrected chi connectivity index (χ3v) is 4.44. The van der Waals surface area contributed by atoms with Crippen LogP contribution in [0.5, 0.6) is 11.5 Å². The van der Waals surface area contributed by atoms with Crippen LogP contribution in [0, 0.1) is 13.8 Å². The molecule has 7 nitrogen and oxygen atoms in total. The van der Waals surface area contributed by atoms with Crippen molar-refractivity contribution in [1.29, 1.82) is 0 Å². The number of rotatable bonds is 8. The number of nitrogens with zero attached hydrogens (tertiary/aromatic N) is 3. The predicted octanol–water partition coefficient (Wildman–Crippen LogP) is 3.40. The summed E-state index contributed by atoms with van der Waals surface area (Å²) < 4.78 is 10.7. The highest BCUT2D eigenvalue weighted by Gasteiger charge is 2.10. The molecule has 1 N–H and O–H groups in total. The van der Waals surface area contributed by atoms with Crippen molar-refractivity contribution in [3.63, 3.8) is 0 Å². The number of thioether (sulfide) groups is 1. The Balaban J connectivity index is 1.95. The van der Waals surface area contributed by atoms with Gasteiger partial charge in [0.25, 0.3) is 5.91 Å². The van der Waals surface area contributed by atoms with Crippen molar-refractivity contribution >= 4 is 35.5 Å². The molecular formula is C18H21ClN4O3S. The Bertz CT molecular complexity index is 825. The molecule has 0 saturated heterocycles. The van der Waals surface area contributed by atoms with Crippen LogP contribution in [0.25, 0.3) is 0 Å². The Hall–Kier alpha value is -2.32. The van der Waals surface area contributed by atoms with E-state index in [2.05, 4.69) is 20.5 Å². The lowest BCUT2D eigenvalue weighted by Crippen LogP contribution is -2.19. The number of ether oxygens (including phenoxy) is 2. The number of carbonyl (C=O) groups is 1. The number of halogens is 1. The number of nitrogens with one attached hydrogen (secondary N) is 1. The molecule has 1 heterocycles. The minimum absolute atomic E-state index is 0.153. The van der Waals surface area contributed by atoms with Gasteiger partial charge in [0, 0.05) is 23.0 Å². The first kappa shape index (κ1) is 21.0. The van der Waals surface area contributed by atoms with Gasteiger partial charge in [-0.15, -0.1) is 0 Å².